The summed E-state index contributed by atoms with van der Waals surface area (Å²) >= 11 is 0. The summed E-state index contributed by atoms with van der Waals surface area (Å²) in [6.45, 7) is 1.92. The Morgan fingerprint density at radius 3 is 2.91 bits per heavy atom. The van der Waals surface area contributed by atoms with Gasteiger partial charge in [0.25, 0.3) is 5.69 Å². The molecule has 0 saturated heterocycles. The average molecular weight is 305 g/mol. The molecule has 0 aliphatic carbocycles. The number of nitro groups is 1. The van der Waals surface area contributed by atoms with Crippen molar-refractivity contribution >= 4 is 28.2 Å². The molecule has 8 nitrogen and oxygen atoms in total. The quantitative estimate of drug-likeness (QED) is 0.474. The van der Waals surface area contributed by atoms with E-state index in [1.165, 1.54) is 24.4 Å². The van der Waals surface area contributed by atoms with Crippen LogP contribution in [-0.2, 0) is 4.74 Å². The highest BCUT2D eigenvalue weighted by atomic mass is 16.6. The number of aliphatic hydroxyl groups excluding tert-OH is 1. The number of esters is 1. The van der Waals surface area contributed by atoms with Crippen molar-refractivity contribution in [3.63, 3.8) is 0 Å². The summed E-state index contributed by atoms with van der Waals surface area (Å²) < 4.78 is 4.96. The molecule has 1 aromatic carbocycles. The molecule has 0 radical (unpaired) electrons. The molecule has 0 fully saturated rings. The Morgan fingerprint density at radius 2 is 2.27 bits per heavy atom. The normalized spacial score (nSPS) is 10.5. The number of carbonyl (C=O) groups excluding carboxylic acids is 1. The van der Waals surface area contributed by atoms with Crippen LogP contribution in [0.15, 0.2) is 24.4 Å². The second kappa shape index (κ2) is 6.81. The standard InChI is InChI=1S/C14H15N3O5/c1-2-22-14(19)11-8-16-12-4-3-9(17(20)21)7-10(12)13(11)15-5-6-18/h3-4,7-8,18H,2,5-6H2,1H3,(H,15,16). The smallest absolute Gasteiger partial charge is 0.341 e. The number of fused-ring (bicyclic) bond motifs is 1. The lowest BCUT2D eigenvalue weighted by molar-refractivity contribution is -0.384. The van der Waals surface area contributed by atoms with Crippen LogP contribution in [0.4, 0.5) is 11.4 Å². The Bertz CT molecular complexity index is 717. The lowest BCUT2D eigenvalue weighted by atomic mass is 10.1. The van der Waals surface area contributed by atoms with E-state index in [2.05, 4.69) is 10.3 Å². The summed E-state index contributed by atoms with van der Waals surface area (Å²) in [5, 5.41) is 23.2. The van der Waals surface area contributed by atoms with Crippen LogP contribution in [0.25, 0.3) is 10.9 Å². The first kappa shape index (κ1) is 15.6. The van der Waals surface area contributed by atoms with Gasteiger partial charge < -0.3 is 15.2 Å². The van der Waals surface area contributed by atoms with E-state index in [9.17, 15) is 14.9 Å². The number of ether oxygens (including phenoxy) is 1. The molecule has 0 saturated carbocycles. The summed E-state index contributed by atoms with van der Waals surface area (Å²) in [7, 11) is 0. The third-order valence-electron chi connectivity index (χ3n) is 2.97. The molecule has 0 aliphatic heterocycles. The molecule has 1 heterocycles. The van der Waals surface area contributed by atoms with Crippen LogP contribution in [0, 0.1) is 10.1 Å². The van der Waals surface area contributed by atoms with Crippen molar-refractivity contribution in [1.29, 1.82) is 0 Å². The van der Waals surface area contributed by atoms with Gasteiger partial charge >= 0.3 is 5.97 Å². The summed E-state index contributed by atoms with van der Waals surface area (Å²) in [5.74, 6) is -0.580. The van der Waals surface area contributed by atoms with E-state index < -0.39 is 10.9 Å². The van der Waals surface area contributed by atoms with Crippen molar-refractivity contribution < 1.29 is 19.6 Å². The van der Waals surface area contributed by atoms with Crippen LogP contribution >= 0.6 is 0 Å². The number of hydrogen-bond acceptors (Lipinski definition) is 7. The third-order valence-corrected chi connectivity index (χ3v) is 2.97. The maximum Gasteiger partial charge on any atom is 0.341 e. The maximum absolute atomic E-state index is 12.0. The zero-order valence-corrected chi connectivity index (χ0v) is 11.9. The number of rotatable bonds is 6. The number of benzene rings is 1. The minimum atomic E-state index is -0.580. The second-order valence-electron chi connectivity index (χ2n) is 4.38. The number of anilines is 1. The zero-order chi connectivity index (χ0) is 16.1. The van der Waals surface area contributed by atoms with E-state index in [1.54, 1.807) is 6.92 Å². The number of carbonyl (C=O) groups is 1. The van der Waals surface area contributed by atoms with Crippen molar-refractivity contribution in [3.05, 3.63) is 40.1 Å². The molecule has 0 bridgehead atoms. The van der Waals surface area contributed by atoms with Crippen LogP contribution in [0.3, 0.4) is 0 Å². The zero-order valence-electron chi connectivity index (χ0n) is 11.9. The summed E-state index contributed by atoms with van der Waals surface area (Å²) in [6.07, 6.45) is 1.35. The summed E-state index contributed by atoms with van der Waals surface area (Å²) in [4.78, 5) is 26.5. The van der Waals surface area contributed by atoms with E-state index in [0.29, 0.717) is 16.6 Å². The minimum absolute atomic E-state index is 0.109. The maximum atomic E-state index is 12.0. The molecule has 0 amide bonds. The first-order chi connectivity index (χ1) is 10.6. The topological polar surface area (TPSA) is 115 Å². The molecule has 22 heavy (non-hydrogen) atoms. The van der Waals surface area contributed by atoms with Crippen molar-refractivity contribution in [2.45, 2.75) is 6.92 Å². The van der Waals surface area contributed by atoms with E-state index in [-0.39, 0.29) is 31.0 Å². The predicted octanol–water partition coefficient (Wildman–Crippen LogP) is 1.72. The van der Waals surface area contributed by atoms with Gasteiger partial charge in [0.15, 0.2) is 0 Å². The number of non-ortho nitro benzene ring substituents is 1. The van der Waals surface area contributed by atoms with Gasteiger partial charge in [0.05, 0.1) is 29.3 Å². The molecular weight excluding hydrogens is 290 g/mol. The number of nitro benzene ring substituents is 1. The number of nitrogens with one attached hydrogen (secondary N) is 1. The number of nitrogens with zero attached hydrogens (tertiary/aromatic N) is 2. The Kier molecular flexibility index (Phi) is 4.84. The Labute approximate surface area is 125 Å². The molecule has 8 heteroatoms. The van der Waals surface area contributed by atoms with Gasteiger partial charge in [0.2, 0.25) is 0 Å². The fourth-order valence-corrected chi connectivity index (χ4v) is 2.03. The van der Waals surface area contributed by atoms with Gasteiger partial charge in [-0.05, 0) is 13.0 Å². The minimum Gasteiger partial charge on any atom is -0.462 e. The van der Waals surface area contributed by atoms with Crippen molar-refractivity contribution in [2.24, 2.45) is 0 Å². The van der Waals surface area contributed by atoms with E-state index >= 15 is 0 Å². The van der Waals surface area contributed by atoms with Crippen LogP contribution in [0.2, 0.25) is 0 Å². The SMILES string of the molecule is CCOC(=O)c1cnc2ccc([N+](=O)[O-])cc2c1NCCO. The Balaban J connectivity index is 2.63. The van der Waals surface area contributed by atoms with Crippen molar-refractivity contribution in [2.75, 3.05) is 25.1 Å². The fourth-order valence-electron chi connectivity index (χ4n) is 2.03. The van der Waals surface area contributed by atoms with Crippen molar-refractivity contribution in [3.8, 4) is 0 Å². The fraction of sp³-hybridized carbons (Fsp3) is 0.286. The molecule has 2 aromatic rings. The molecule has 0 spiro atoms. The molecule has 2 rings (SSSR count). The molecule has 2 N–H and O–H groups in total. The van der Waals surface area contributed by atoms with Crippen LogP contribution in [0.1, 0.15) is 17.3 Å². The second-order valence-corrected chi connectivity index (χ2v) is 4.38. The Hall–Kier alpha value is -2.74. The van der Waals surface area contributed by atoms with E-state index in [4.69, 9.17) is 9.84 Å². The molecule has 0 atom stereocenters. The van der Waals surface area contributed by atoms with Crippen LogP contribution in [-0.4, -0.2) is 40.7 Å². The molecule has 1 aromatic heterocycles. The lowest BCUT2D eigenvalue weighted by Gasteiger charge is -2.13. The average Bonchev–Trinajstić information content (AvgIpc) is 2.51. The summed E-state index contributed by atoms with van der Waals surface area (Å²) in [5.41, 5.74) is 0.922. The highest BCUT2D eigenvalue weighted by Crippen LogP contribution is 2.29. The van der Waals surface area contributed by atoms with Gasteiger partial charge in [-0.15, -0.1) is 0 Å². The van der Waals surface area contributed by atoms with Gasteiger partial charge in [-0.2, -0.15) is 0 Å². The van der Waals surface area contributed by atoms with Crippen LogP contribution < -0.4 is 5.32 Å². The number of pyridine rings is 1. The Morgan fingerprint density at radius 1 is 1.50 bits per heavy atom. The number of hydrogen-bond donors (Lipinski definition) is 2. The molecule has 0 aliphatic rings. The molecule has 0 unspecified atom stereocenters. The predicted molar refractivity (Wildman–Crippen MR) is 79.9 cm³/mol. The van der Waals surface area contributed by atoms with Crippen molar-refractivity contribution in [1.82, 2.24) is 4.98 Å². The molecular formula is C14H15N3O5. The van der Waals surface area contributed by atoms with E-state index in [0.717, 1.165) is 0 Å². The monoisotopic (exact) mass is 305 g/mol. The third kappa shape index (κ3) is 3.12. The van der Waals surface area contributed by atoms with Gasteiger partial charge in [-0.25, -0.2) is 4.79 Å². The lowest BCUT2D eigenvalue weighted by Crippen LogP contribution is -2.13. The van der Waals surface area contributed by atoms with E-state index in [1.807, 2.05) is 0 Å². The largest absolute Gasteiger partial charge is 0.462 e. The first-order valence-corrected chi connectivity index (χ1v) is 6.67. The highest BCUT2D eigenvalue weighted by molar-refractivity contribution is 6.05. The molecule has 116 valence electrons. The van der Waals surface area contributed by atoms with Gasteiger partial charge in [-0.3, -0.25) is 15.1 Å². The van der Waals surface area contributed by atoms with Gasteiger partial charge in [0, 0.05) is 30.3 Å². The summed E-state index contributed by atoms with van der Waals surface area (Å²) in [6, 6.07) is 4.19. The highest BCUT2D eigenvalue weighted by Gasteiger charge is 2.18. The van der Waals surface area contributed by atoms with Gasteiger partial charge in [0.1, 0.15) is 5.56 Å². The van der Waals surface area contributed by atoms with Crippen LogP contribution in [0.5, 0.6) is 0 Å². The van der Waals surface area contributed by atoms with Gasteiger partial charge in [-0.1, -0.05) is 0 Å². The number of aliphatic hydroxyl groups is 1. The number of aromatic nitrogens is 1. The first-order valence-electron chi connectivity index (χ1n) is 6.67.